The molecule has 10 heteroatoms. The van der Waals surface area contributed by atoms with Gasteiger partial charge in [-0.15, -0.1) is 0 Å². The summed E-state index contributed by atoms with van der Waals surface area (Å²) >= 11 is 5.96. The molecular formula is C15H17ClF3N3O3. The van der Waals surface area contributed by atoms with Crippen molar-refractivity contribution >= 4 is 29.3 Å². The maximum Gasteiger partial charge on any atom is 0.417 e. The van der Waals surface area contributed by atoms with Crippen LogP contribution in [0, 0.1) is 0 Å². The molecule has 0 aromatic carbocycles. The highest BCUT2D eigenvalue weighted by Crippen LogP contribution is 2.35. The molecule has 1 aromatic heterocycles. The molecule has 0 saturated carbocycles. The van der Waals surface area contributed by atoms with Crippen molar-refractivity contribution in [3.63, 3.8) is 0 Å². The molecule has 1 N–H and O–H groups in total. The zero-order chi connectivity index (χ0) is 18.8. The number of hydrogen-bond donors (Lipinski definition) is 1. The van der Waals surface area contributed by atoms with Gasteiger partial charge in [0.2, 0.25) is 5.91 Å². The number of carbonyl (C=O) groups excluding carboxylic acids is 1. The van der Waals surface area contributed by atoms with E-state index in [-0.39, 0.29) is 29.7 Å². The lowest BCUT2D eigenvalue weighted by molar-refractivity contribution is -0.139. The summed E-state index contributed by atoms with van der Waals surface area (Å²) < 4.78 is 38.1. The van der Waals surface area contributed by atoms with Crippen molar-refractivity contribution in [3.05, 3.63) is 22.8 Å². The SMILES string of the molecule is CN(CCC(=O)O)C(=O)C1CCCN1c1ncc(C(F)(F)F)cc1Cl. The Labute approximate surface area is 147 Å². The largest absolute Gasteiger partial charge is 0.481 e. The smallest absolute Gasteiger partial charge is 0.417 e. The summed E-state index contributed by atoms with van der Waals surface area (Å²) in [6, 6.07) is 0.165. The zero-order valence-corrected chi connectivity index (χ0v) is 14.1. The van der Waals surface area contributed by atoms with Crippen molar-refractivity contribution in [3.8, 4) is 0 Å². The Morgan fingerprint density at radius 1 is 1.48 bits per heavy atom. The number of carbonyl (C=O) groups is 2. The predicted octanol–water partition coefficient (Wildman–Crippen LogP) is 2.66. The van der Waals surface area contributed by atoms with E-state index in [9.17, 15) is 22.8 Å². The van der Waals surface area contributed by atoms with Crippen LogP contribution in [-0.2, 0) is 15.8 Å². The minimum atomic E-state index is -4.55. The fourth-order valence-corrected chi connectivity index (χ4v) is 2.98. The second-order valence-electron chi connectivity index (χ2n) is 5.78. The third-order valence-electron chi connectivity index (χ3n) is 4.00. The Hall–Kier alpha value is -2.03. The highest BCUT2D eigenvalue weighted by molar-refractivity contribution is 6.33. The van der Waals surface area contributed by atoms with Gasteiger partial charge in [0.05, 0.1) is 17.0 Å². The number of aliphatic carboxylic acids is 1. The van der Waals surface area contributed by atoms with Gasteiger partial charge in [-0.25, -0.2) is 4.98 Å². The predicted molar refractivity (Wildman–Crippen MR) is 84.5 cm³/mol. The standard InChI is InChI=1S/C15H17ClF3N3O3/c1-21(6-4-12(23)24)14(25)11-3-2-5-22(11)13-10(16)7-9(8-20-13)15(17,18)19/h7-8,11H,2-6H2,1H3,(H,23,24). The summed E-state index contributed by atoms with van der Waals surface area (Å²) in [4.78, 5) is 29.8. The average Bonchev–Trinajstić information content (AvgIpc) is 3.00. The number of nitrogens with zero attached hydrogens (tertiary/aromatic N) is 3. The van der Waals surface area contributed by atoms with Crippen molar-refractivity contribution in [1.29, 1.82) is 0 Å². The molecule has 1 saturated heterocycles. The maximum atomic E-state index is 12.7. The number of hydrogen-bond acceptors (Lipinski definition) is 4. The number of alkyl halides is 3. The van der Waals surface area contributed by atoms with Crippen molar-refractivity contribution in [1.82, 2.24) is 9.88 Å². The summed E-state index contributed by atoms with van der Waals surface area (Å²) in [6.07, 6.45) is -2.90. The second-order valence-corrected chi connectivity index (χ2v) is 6.19. The van der Waals surface area contributed by atoms with Crippen LogP contribution in [0.3, 0.4) is 0 Å². The van der Waals surface area contributed by atoms with E-state index in [0.29, 0.717) is 25.6 Å². The first kappa shape index (κ1) is 19.3. The van der Waals surface area contributed by atoms with E-state index in [1.165, 1.54) is 11.9 Å². The number of anilines is 1. The number of pyridine rings is 1. The van der Waals surface area contributed by atoms with Crippen molar-refractivity contribution in [2.24, 2.45) is 0 Å². The number of amides is 1. The lowest BCUT2D eigenvalue weighted by atomic mass is 10.2. The Kier molecular flexibility index (Phi) is 5.76. The molecule has 0 aliphatic carbocycles. The fourth-order valence-electron chi connectivity index (χ4n) is 2.70. The molecule has 1 amide bonds. The van der Waals surface area contributed by atoms with Gasteiger partial charge in [-0.05, 0) is 18.9 Å². The van der Waals surface area contributed by atoms with E-state index in [4.69, 9.17) is 16.7 Å². The first-order chi connectivity index (χ1) is 11.6. The molecule has 2 heterocycles. The van der Waals surface area contributed by atoms with Crippen LogP contribution in [0.2, 0.25) is 5.02 Å². The molecule has 1 fully saturated rings. The van der Waals surface area contributed by atoms with E-state index in [2.05, 4.69) is 4.98 Å². The number of likely N-dealkylation sites (N-methyl/N-ethyl adjacent to an activating group) is 1. The minimum Gasteiger partial charge on any atom is -0.481 e. The molecule has 1 atom stereocenters. The highest BCUT2D eigenvalue weighted by atomic mass is 35.5. The Bertz CT molecular complexity index is 669. The molecule has 1 aliphatic heterocycles. The van der Waals surface area contributed by atoms with E-state index in [1.807, 2.05) is 0 Å². The van der Waals surface area contributed by atoms with Gasteiger partial charge in [0.1, 0.15) is 11.9 Å². The topological polar surface area (TPSA) is 73.7 Å². The molecule has 0 spiro atoms. The van der Waals surface area contributed by atoms with Gasteiger partial charge in [-0.2, -0.15) is 13.2 Å². The van der Waals surface area contributed by atoms with Crippen LogP contribution in [-0.4, -0.2) is 53.0 Å². The summed E-state index contributed by atoms with van der Waals surface area (Å²) in [5, 5.41) is 8.52. The number of aromatic nitrogens is 1. The van der Waals surface area contributed by atoms with Crippen molar-refractivity contribution in [2.75, 3.05) is 25.0 Å². The van der Waals surface area contributed by atoms with E-state index in [1.54, 1.807) is 4.90 Å². The number of carboxylic acid groups (broad SMARTS) is 1. The molecule has 6 nitrogen and oxygen atoms in total. The number of halogens is 4. The number of carboxylic acids is 1. The third-order valence-corrected chi connectivity index (χ3v) is 4.27. The Balaban J connectivity index is 2.18. The van der Waals surface area contributed by atoms with Crippen LogP contribution in [0.25, 0.3) is 0 Å². The maximum absolute atomic E-state index is 12.7. The average molecular weight is 380 g/mol. The van der Waals surface area contributed by atoms with Crippen LogP contribution in [0.5, 0.6) is 0 Å². The van der Waals surface area contributed by atoms with Crippen molar-refractivity contribution < 1.29 is 27.9 Å². The van der Waals surface area contributed by atoms with E-state index >= 15 is 0 Å². The summed E-state index contributed by atoms with van der Waals surface area (Å²) in [5.74, 6) is -1.20. The summed E-state index contributed by atoms with van der Waals surface area (Å²) in [5.41, 5.74) is -0.957. The quantitative estimate of drug-likeness (QED) is 0.851. The molecule has 1 unspecified atom stereocenters. The third kappa shape index (κ3) is 4.53. The Morgan fingerprint density at radius 3 is 2.72 bits per heavy atom. The van der Waals surface area contributed by atoms with Crippen LogP contribution < -0.4 is 4.90 Å². The van der Waals surface area contributed by atoms with Gasteiger partial charge in [0.15, 0.2) is 0 Å². The number of rotatable bonds is 5. The normalized spacial score (nSPS) is 17.6. The van der Waals surface area contributed by atoms with Gasteiger partial charge in [-0.3, -0.25) is 9.59 Å². The Morgan fingerprint density at radius 2 is 2.16 bits per heavy atom. The summed E-state index contributed by atoms with van der Waals surface area (Å²) in [6.45, 7) is 0.480. The molecule has 25 heavy (non-hydrogen) atoms. The van der Waals surface area contributed by atoms with Crippen molar-refractivity contribution in [2.45, 2.75) is 31.5 Å². The van der Waals surface area contributed by atoms with E-state index in [0.717, 1.165) is 6.07 Å². The second kappa shape index (κ2) is 7.47. The lowest BCUT2D eigenvalue weighted by Crippen LogP contribution is -2.45. The molecule has 0 bridgehead atoms. The van der Waals surface area contributed by atoms with Crippen LogP contribution in [0.1, 0.15) is 24.8 Å². The molecule has 2 rings (SSSR count). The molecule has 1 aliphatic rings. The molecule has 138 valence electrons. The summed E-state index contributed by atoms with van der Waals surface area (Å²) in [7, 11) is 1.49. The first-order valence-electron chi connectivity index (χ1n) is 7.57. The minimum absolute atomic E-state index is 0.0483. The molecule has 0 radical (unpaired) electrons. The van der Waals surface area contributed by atoms with Crippen LogP contribution in [0.4, 0.5) is 19.0 Å². The zero-order valence-electron chi connectivity index (χ0n) is 13.4. The highest BCUT2D eigenvalue weighted by Gasteiger charge is 2.36. The fraction of sp³-hybridized carbons (Fsp3) is 0.533. The van der Waals surface area contributed by atoms with Crippen LogP contribution >= 0.6 is 11.6 Å². The van der Waals surface area contributed by atoms with Gasteiger partial charge in [0.25, 0.3) is 0 Å². The molecular weight excluding hydrogens is 363 g/mol. The van der Waals surface area contributed by atoms with Gasteiger partial charge < -0.3 is 14.9 Å². The van der Waals surface area contributed by atoms with Gasteiger partial charge in [-0.1, -0.05) is 11.6 Å². The molecule has 1 aromatic rings. The van der Waals surface area contributed by atoms with Gasteiger partial charge in [0, 0.05) is 26.3 Å². The van der Waals surface area contributed by atoms with Crippen LogP contribution in [0.15, 0.2) is 12.3 Å². The monoisotopic (exact) mass is 379 g/mol. The lowest BCUT2D eigenvalue weighted by Gasteiger charge is -2.29. The first-order valence-corrected chi connectivity index (χ1v) is 7.95. The van der Waals surface area contributed by atoms with Gasteiger partial charge >= 0.3 is 12.1 Å². The van der Waals surface area contributed by atoms with E-state index < -0.39 is 23.8 Å².